The molecular weight excluding hydrogens is 489 g/mol. The van der Waals surface area contributed by atoms with Crippen LogP contribution in [-0.4, -0.2) is 39.1 Å². The summed E-state index contributed by atoms with van der Waals surface area (Å²) < 4.78 is 37.2. The first-order valence-corrected chi connectivity index (χ1v) is 10.7. The molecule has 0 unspecified atom stereocenters. The lowest BCUT2D eigenvalue weighted by Crippen LogP contribution is -2.09. The van der Waals surface area contributed by atoms with Crippen LogP contribution >= 0.6 is 23.2 Å². The topological polar surface area (TPSA) is 87.1 Å². The fourth-order valence-electron chi connectivity index (χ4n) is 2.99. The van der Waals surface area contributed by atoms with Crippen LogP contribution in [0.2, 0.25) is 10.6 Å². The quantitative estimate of drug-likeness (QED) is 0.185. The molecule has 0 spiro atoms. The number of carbonyl (C=O) groups excluding carboxylic acids is 1. The minimum Gasteiger partial charge on any atom is -0.492 e. The summed E-state index contributed by atoms with van der Waals surface area (Å²) in [6.45, 7) is 7.90. The summed E-state index contributed by atoms with van der Waals surface area (Å²) in [6, 6.07) is 8.85. The number of nitrogens with zero attached hydrogens (tertiary/aromatic N) is 4. The summed E-state index contributed by atoms with van der Waals surface area (Å²) in [5, 5.41) is 0.602. The maximum Gasteiger partial charge on any atom is 0.357 e. The second kappa shape index (κ2) is 11.1. The fraction of sp³-hybridized carbons (Fsp3) is 0.174. The molecule has 0 N–H and O–H groups in total. The molecule has 0 aliphatic rings. The predicted octanol–water partition coefficient (Wildman–Crippen LogP) is 6.03. The van der Waals surface area contributed by atoms with Crippen molar-refractivity contribution in [3.05, 3.63) is 76.6 Å². The van der Waals surface area contributed by atoms with Gasteiger partial charge in [0.15, 0.2) is 5.69 Å². The van der Waals surface area contributed by atoms with Gasteiger partial charge in [0.05, 0.1) is 13.2 Å². The second-order valence-corrected chi connectivity index (χ2v) is 7.21. The highest BCUT2D eigenvalue weighted by Gasteiger charge is 2.17. The molecule has 0 radical (unpaired) electrons. The van der Waals surface area contributed by atoms with Crippen molar-refractivity contribution in [1.82, 2.24) is 19.9 Å². The van der Waals surface area contributed by atoms with E-state index in [4.69, 9.17) is 32.7 Å². The second-order valence-electron chi connectivity index (χ2n) is 6.53. The van der Waals surface area contributed by atoms with Crippen molar-refractivity contribution in [3.63, 3.8) is 0 Å². The minimum absolute atomic E-state index is 0.00977. The number of ether oxygens (including phenoxy) is 2. The third-order valence-electron chi connectivity index (χ3n) is 4.35. The summed E-state index contributed by atoms with van der Waals surface area (Å²) >= 11 is 11.4. The van der Waals surface area contributed by atoms with Gasteiger partial charge < -0.3 is 9.47 Å². The van der Waals surface area contributed by atoms with Gasteiger partial charge in [0.2, 0.25) is 10.6 Å². The molecular formula is C23H18Cl2F2N4O3. The number of hydrogen-bond acceptors (Lipinski definition) is 7. The first kappa shape index (κ1) is 25.2. The fourth-order valence-corrected chi connectivity index (χ4v) is 3.33. The molecule has 0 saturated heterocycles. The molecule has 7 nitrogen and oxygen atoms in total. The molecule has 11 heteroatoms. The number of esters is 1. The van der Waals surface area contributed by atoms with Gasteiger partial charge >= 0.3 is 5.97 Å². The number of fused-ring (bicyclic) bond motifs is 2. The molecule has 0 amide bonds. The zero-order chi connectivity index (χ0) is 24.8. The summed E-state index contributed by atoms with van der Waals surface area (Å²) in [6.07, 6.45) is 0. The average Bonchev–Trinajstić information content (AvgIpc) is 2.80. The van der Waals surface area contributed by atoms with Gasteiger partial charge in [-0.2, -0.15) is 0 Å². The number of aromatic nitrogens is 4. The van der Waals surface area contributed by atoms with Crippen LogP contribution < -0.4 is 0 Å². The van der Waals surface area contributed by atoms with Crippen LogP contribution in [0, 0.1) is 11.6 Å². The zero-order valence-corrected chi connectivity index (χ0v) is 19.6. The van der Waals surface area contributed by atoms with Crippen molar-refractivity contribution in [2.24, 2.45) is 0 Å². The van der Waals surface area contributed by atoms with E-state index in [0.29, 0.717) is 23.4 Å². The maximum absolute atomic E-state index is 13.6. The third-order valence-corrected chi connectivity index (χ3v) is 4.69. The highest BCUT2D eigenvalue weighted by atomic mass is 35.5. The summed E-state index contributed by atoms with van der Waals surface area (Å²) in [5.41, 5.74) is 0.571. The Morgan fingerprint density at radius 2 is 1.29 bits per heavy atom. The van der Waals surface area contributed by atoms with Crippen molar-refractivity contribution < 1.29 is 23.0 Å². The van der Waals surface area contributed by atoms with E-state index in [9.17, 15) is 13.6 Å². The molecule has 34 heavy (non-hydrogen) atoms. The molecule has 0 fully saturated rings. The maximum atomic E-state index is 13.6. The molecule has 2 aromatic carbocycles. The molecule has 2 heterocycles. The van der Waals surface area contributed by atoms with Gasteiger partial charge in [0.1, 0.15) is 34.1 Å². The molecule has 0 aliphatic carbocycles. The van der Waals surface area contributed by atoms with Crippen LogP contribution in [0.15, 0.2) is 43.0 Å². The van der Waals surface area contributed by atoms with Crippen molar-refractivity contribution in [2.45, 2.75) is 13.8 Å². The van der Waals surface area contributed by atoms with Gasteiger partial charge in [-0.25, -0.2) is 33.5 Å². The van der Waals surface area contributed by atoms with Gasteiger partial charge in [-0.1, -0.05) is 30.8 Å². The van der Waals surface area contributed by atoms with Gasteiger partial charge in [-0.15, -0.1) is 0 Å². The Labute approximate surface area is 203 Å². The number of halogens is 4. The Hall–Kier alpha value is -3.43. The van der Waals surface area contributed by atoms with Crippen LogP contribution in [0.3, 0.4) is 0 Å². The van der Waals surface area contributed by atoms with E-state index in [0.717, 1.165) is 0 Å². The van der Waals surface area contributed by atoms with E-state index in [1.54, 1.807) is 25.1 Å². The lowest BCUT2D eigenvalue weighted by molar-refractivity contribution is 0.0522. The van der Waals surface area contributed by atoms with Gasteiger partial charge in [-0.3, -0.25) is 0 Å². The highest BCUT2D eigenvalue weighted by molar-refractivity contribution is 6.29. The SMILES string of the molecule is C=C(OCC)c1nc(Cl)nc2c(F)cccc12.CCOC(=O)c1nc(Cl)nc2c(F)cccc12. The van der Waals surface area contributed by atoms with E-state index in [-0.39, 0.29) is 39.3 Å². The smallest absolute Gasteiger partial charge is 0.357 e. The Morgan fingerprint density at radius 1 is 0.824 bits per heavy atom. The lowest BCUT2D eigenvalue weighted by Gasteiger charge is -2.09. The molecule has 4 rings (SSSR count). The normalized spacial score (nSPS) is 10.5. The Balaban J connectivity index is 0.000000191. The van der Waals surface area contributed by atoms with E-state index in [2.05, 4.69) is 26.5 Å². The Kier molecular flexibility index (Phi) is 8.25. The lowest BCUT2D eigenvalue weighted by atomic mass is 10.1. The first-order chi connectivity index (χ1) is 16.3. The van der Waals surface area contributed by atoms with Crippen LogP contribution in [0.1, 0.15) is 30.0 Å². The van der Waals surface area contributed by atoms with Crippen LogP contribution in [0.5, 0.6) is 0 Å². The van der Waals surface area contributed by atoms with Gasteiger partial charge in [-0.05, 0) is 49.2 Å². The Bertz CT molecular complexity index is 1280. The number of benzene rings is 2. The number of hydrogen-bond donors (Lipinski definition) is 0. The van der Waals surface area contributed by atoms with Crippen molar-refractivity contribution >= 4 is 56.7 Å². The molecule has 0 bridgehead atoms. The highest BCUT2D eigenvalue weighted by Crippen LogP contribution is 2.25. The van der Waals surface area contributed by atoms with Crippen molar-refractivity contribution in [2.75, 3.05) is 13.2 Å². The zero-order valence-electron chi connectivity index (χ0n) is 18.1. The van der Waals surface area contributed by atoms with Gasteiger partial charge in [0, 0.05) is 10.8 Å². The van der Waals surface area contributed by atoms with E-state index in [1.807, 2.05) is 6.92 Å². The minimum atomic E-state index is -0.646. The number of para-hydroxylation sites is 2. The van der Waals surface area contributed by atoms with Crippen molar-refractivity contribution in [1.29, 1.82) is 0 Å². The molecule has 0 atom stereocenters. The number of rotatable bonds is 5. The third kappa shape index (κ3) is 5.55. The van der Waals surface area contributed by atoms with E-state index < -0.39 is 17.6 Å². The van der Waals surface area contributed by atoms with Gasteiger partial charge in [0.25, 0.3) is 0 Å². The standard InChI is InChI=1S/C12H10ClFN2O.C11H8ClFN2O2/c1-3-17-7(2)10-8-5-4-6-9(14)11(8)16-12(13)15-10;1-2-17-10(16)9-6-4-3-5-7(13)8(6)14-11(12)15-9/h4-6H,2-3H2,1H3;3-5H,2H2,1H3. The monoisotopic (exact) mass is 506 g/mol. The van der Waals surface area contributed by atoms with Crippen LogP contribution in [0.25, 0.3) is 27.6 Å². The Morgan fingerprint density at radius 3 is 1.79 bits per heavy atom. The van der Waals surface area contributed by atoms with Crippen LogP contribution in [-0.2, 0) is 9.47 Å². The largest absolute Gasteiger partial charge is 0.492 e. The molecule has 176 valence electrons. The van der Waals surface area contributed by atoms with Crippen LogP contribution in [0.4, 0.5) is 8.78 Å². The summed E-state index contributed by atoms with van der Waals surface area (Å²) in [5.74, 6) is -1.30. The molecule has 0 aliphatic heterocycles. The average molecular weight is 507 g/mol. The molecule has 2 aromatic heterocycles. The predicted molar refractivity (Wildman–Crippen MR) is 126 cm³/mol. The summed E-state index contributed by atoms with van der Waals surface area (Å²) in [7, 11) is 0. The van der Waals surface area contributed by atoms with E-state index in [1.165, 1.54) is 18.2 Å². The van der Waals surface area contributed by atoms with E-state index >= 15 is 0 Å². The molecule has 0 saturated carbocycles. The number of carbonyl (C=O) groups is 1. The summed E-state index contributed by atoms with van der Waals surface area (Å²) in [4.78, 5) is 27.0. The van der Waals surface area contributed by atoms with Crippen molar-refractivity contribution in [3.8, 4) is 0 Å². The molecule has 4 aromatic rings. The first-order valence-electron chi connectivity index (χ1n) is 9.99.